The quantitative estimate of drug-likeness (QED) is 0.585. The molecule has 6 heteroatoms. The van der Waals surface area contributed by atoms with Gasteiger partial charge >= 0.3 is 0 Å². The molecule has 0 saturated carbocycles. The van der Waals surface area contributed by atoms with Crippen LogP contribution in [0.25, 0.3) is 11.4 Å². The summed E-state index contributed by atoms with van der Waals surface area (Å²) in [5, 5.41) is 0.348. The zero-order valence-corrected chi connectivity index (χ0v) is 13.3. The van der Waals surface area contributed by atoms with E-state index in [4.69, 9.17) is 16.3 Å². The molecule has 2 aromatic rings. The number of benzene rings is 1. The summed E-state index contributed by atoms with van der Waals surface area (Å²) in [5.41, 5.74) is 2.22. The minimum atomic E-state index is -0.327. The lowest BCUT2D eigenvalue weighted by Gasteiger charge is -2.09. The zero-order valence-electron chi connectivity index (χ0n) is 10.4. The smallest absolute Gasteiger partial charge is 0.161 e. The van der Waals surface area contributed by atoms with E-state index in [9.17, 15) is 4.39 Å². The Morgan fingerprint density at radius 2 is 2.11 bits per heavy atom. The van der Waals surface area contributed by atoms with Crippen molar-refractivity contribution in [2.75, 3.05) is 7.11 Å². The summed E-state index contributed by atoms with van der Waals surface area (Å²) in [7, 11) is 1.58. The number of hydrogen-bond acceptors (Lipinski definition) is 3. The Hall–Kier alpha value is -0.790. The van der Waals surface area contributed by atoms with Crippen LogP contribution in [0.15, 0.2) is 18.2 Å². The van der Waals surface area contributed by atoms with Gasteiger partial charge in [0.25, 0.3) is 0 Å². The Morgan fingerprint density at radius 1 is 1.37 bits per heavy atom. The first kappa shape index (κ1) is 14.6. The Kier molecular flexibility index (Phi) is 4.70. The van der Waals surface area contributed by atoms with E-state index in [0.717, 1.165) is 9.13 Å². The van der Waals surface area contributed by atoms with Crippen LogP contribution in [0.4, 0.5) is 4.39 Å². The standard InChI is InChI=1S/C13H11ClFIN2O/c1-7-3-4-8(15)5-9(7)13-17-10(6-19-2)11(16)12(14)18-13/h3-5H,6H2,1-2H3. The molecule has 0 bridgehead atoms. The molecule has 0 spiro atoms. The highest BCUT2D eigenvalue weighted by Gasteiger charge is 2.14. The van der Waals surface area contributed by atoms with Crippen LogP contribution in [0.5, 0.6) is 0 Å². The molecular weight excluding hydrogens is 382 g/mol. The summed E-state index contributed by atoms with van der Waals surface area (Å²) in [6.07, 6.45) is 0. The number of aryl methyl sites for hydroxylation is 1. The third kappa shape index (κ3) is 3.21. The largest absolute Gasteiger partial charge is 0.378 e. The van der Waals surface area contributed by atoms with Crippen molar-refractivity contribution in [1.82, 2.24) is 9.97 Å². The van der Waals surface area contributed by atoms with Gasteiger partial charge in [-0.25, -0.2) is 14.4 Å². The lowest BCUT2D eigenvalue weighted by atomic mass is 10.1. The van der Waals surface area contributed by atoms with E-state index in [1.54, 1.807) is 13.2 Å². The minimum absolute atomic E-state index is 0.327. The van der Waals surface area contributed by atoms with Gasteiger partial charge < -0.3 is 4.74 Å². The van der Waals surface area contributed by atoms with Crippen LogP contribution in [0.1, 0.15) is 11.3 Å². The summed E-state index contributed by atoms with van der Waals surface area (Å²) in [6.45, 7) is 2.21. The molecule has 0 aliphatic heterocycles. The molecule has 100 valence electrons. The van der Waals surface area contributed by atoms with Gasteiger partial charge in [0.15, 0.2) is 5.82 Å². The van der Waals surface area contributed by atoms with Crippen molar-refractivity contribution in [3.8, 4) is 11.4 Å². The molecular formula is C13H11ClFIN2O. The molecule has 0 atom stereocenters. The average molecular weight is 393 g/mol. The van der Waals surface area contributed by atoms with E-state index in [0.29, 0.717) is 28.8 Å². The fourth-order valence-electron chi connectivity index (χ4n) is 1.65. The van der Waals surface area contributed by atoms with Gasteiger partial charge in [0.2, 0.25) is 0 Å². The van der Waals surface area contributed by atoms with Crippen LogP contribution < -0.4 is 0 Å². The first-order chi connectivity index (χ1) is 9.02. The minimum Gasteiger partial charge on any atom is -0.378 e. The van der Waals surface area contributed by atoms with Gasteiger partial charge in [0.1, 0.15) is 11.0 Å². The SMILES string of the molecule is COCc1nc(-c2cc(F)ccc2C)nc(Cl)c1I. The van der Waals surface area contributed by atoms with E-state index in [1.807, 2.05) is 6.92 Å². The second-order valence-electron chi connectivity index (χ2n) is 3.99. The Bertz CT molecular complexity index is 622. The monoisotopic (exact) mass is 392 g/mol. The Balaban J connectivity index is 2.59. The lowest BCUT2D eigenvalue weighted by Crippen LogP contribution is -2.03. The third-order valence-corrected chi connectivity index (χ3v) is 4.33. The number of halogens is 3. The molecule has 0 unspecified atom stereocenters. The Labute approximate surface area is 129 Å². The van der Waals surface area contributed by atoms with Crippen molar-refractivity contribution in [3.05, 3.63) is 44.0 Å². The normalized spacial score (nSPS) is 10.8. The number of hydrogen-bond donors (Lipinski definition) is 0. The summed E-state index contributed by atoms with van der Waals surface area (Å²) >= 11 is 8.16. The first-order valence-electron chi connectivity index (χ1n) is 5.50. The van der Waals surface area contributed by atoms with Gasteiger partial charge in [0.05, 0.1) is 15.9 Å². The third-order valence-electron chi connectivity index (χ3n) is 2.60. The van der Waals surface area contributed by atoms with E-state index in [-0.39, 0.29) is 5.82 Å². The van der Waals surface area contributed by atoms with Crippen molar-refractivity contribution in [3.63, 3.8) is 0 Å². The van der Waals surface area contributed by atoms with E-state index in [2.05, 4.69) is 32.6 Å². The van der Waals surface area contributed by atoms with Gasteiger partial charge in [-0.3, -0.25) is 0 Å². The van der Waals surface area contributed by atoms with Gasteiger partial charge in [-0.2, -0.15) is 0 Å². The zero-order chi connectivity index (χ0) is 14.0. The average Bonchev–Trinajstić information content (AvgIpc) is 2.38. The van der Waals surface area contributed by atoms with Crippen LogP contribution in [-0.4, -0.2) is 17.1 Å². The van der Waals surface area contributed by atoms with Crippen molar-refractivity contribution in [2.24, 2.45) is 0 Å². The maximum atomic E-state index is 13.3. The number of rotatable bonds is 3. The molecule has 1 aromatic heterocycles. The summed E-state index contributed by atoms with van der Waals surface area (Å²) in [6, 6.07) is 4.50. The van der Waals surface area contributed by atoms with Crippen LogP contribution >= 0.6 is 34.2 Å². The number of aromatic nitrogens is 2. The van der Waals surface area contributed by atoms with Gasteiger partial charge in [-0.15, -0.1) is 0 Å². The van der Waals surface area contributed by atoms with E-state index < -0.39 is 0 Å². The lowest BCUT2D eigenvalue weighted by molar-refractivity contribution is 0.181. The first-order valence-corrected chi connectivity index (χ1v) is 6.96. The fraction of sp³-hybridized carbons (Fsp3) is 0.231. The molecule has 0 amide bonds. The molecule has 2 rings (SSSR count). The molecule has 0 aliphatic rings. The van der Waals surface area contributed by atoms with Crippen LogP contribution in [0.2, 0.25) is 5.15 Å². The highest BCUT2D eigenvalue weighted by Crippen LogP contribution is 2.26. The topological polar surface area (TPSA) is 35.0 Å². The predicted molar refractivity (Wildman–Crippen MR) is 80.6 cm³/mol. The van der Waals surface area contributed by atoms with Crippen molar-refractivity contribution in [2.45, 2.75) is 13.5 Å². The maximum absolute atomic E-state index is 13.3. The second kappa shape index (κ2) is 6.11. The fourth-order valence-corrected chi connectivity index (χ4v) is 2.24. The molecule has 19 heavy (non-hydrogen) atoms. The van der Waals surface area contributed by atoms with Gasteiger partial charge in [0, 0.05) is 12.7 Å². The molecule has 0 aliphatic carbocycles. The predicted octanol–water partition coefficient (Wildman–Crippen LogP) is 4.00. The van der Waals surface area contributed by atoms with Crippen LogP contribution in [0, 0.1) is 16.3 Å². The molecule has 0 radical (unpaired) electrons. The summed E-state index contributed by atoms with van der Waals surface area (Å²) in [5.74, 6) is 0.0848. The highest BCUT2D eigenvalue weighted by atomic mass is 127. The Morgan fingerprint density at radius 3 is 2.79 bits per heavy atom. The van der Waals surface area contributed by atoms with Crippen LogP contribution in [0.3, 0.4) is 0 Å². The van der Waals surface area contributed by atoms with Gasteiger partial charge in [-0.1, -0.05) is 17.7 Å². The van der Waals surface area contributed by atoms with E-state index in [1.165, 1.54) is 12.1 Å². The summed E-state index contributed by atoms with van der Waals surface area (Å²) < 4.78 is 19.2. The van der Waals surface area contributed by atoms with E-state index >= 15 is 0 Å². The summed E-state index contributed by atoms with van der Waals surface area (Å²) in [4.78, 5) is 8.61. The van der Waals surface area contributed by atoms with Crippen molar-refractivity contribution >= 4 is 34.2 Å². The molecule has 0 fully saturated rings. The number of nitrogens with zero attached hydrogens (tertiary/aromatic N) is 2. The van der Waals surface area contributed by atoms with Gasteiger partial charge in [-0.05, 0) is 47.2 Å². The molecule has 0 saturated heterocycles. The second-order valence-corrected chi connectivity index (χ2v) is 5.43. The maximum Gasteiger partial charge on any atom is 0.161 e. The molecule has 0 N–H and O–H groups in total. The molecule has 3 nitrogen and oxygen atoms in total. The molecule has 1 aromatic carbocycles. The highest BCUT2D eigenvalue weighted by molar-refractivity contribution is 14.1. The number of ether oxygens (including phenoxy) is 1. The van der Waals surface area contributed by atoms with Crippen LogP contribution in [-0.2, 0) is 11.3 Å². The number of methoxy groups -OCH3 is 1. The molecule has 1 heterocycles. The van der Waals surface area contributed by atoms with Crippen molar-refractivity contribution < 1.29 is 9.13 Å². The van der Waals surface area contributed by atoms with Crippen molar-refractivity contribution in [1.29, 1.82) is 0 Å².